The molecule has 0 fully saturated rings. The van der Waals surface area contributed by atoms with E-state index in [-0.39, 0.29) is 0 Å². The molecule has 3 N–H and O–H groups in total. The minimum atomic E-state index is -6.12. The zero-order chi connectivity index (χ0) is 24.9. The van der Waals surface area contributed by atoms with E-state index in [0.717, 1.165) is 12.1 Å². The third kappa shape index (κ3) is 3.56. The van der Waals surface area contributed by atoms with Crippen molar-refractivity contribution in [3.63, 3.8) is 0 Å². The number of nitrogens with one attached hydrogen (secondary N) is 3. The summed E-state index contributed by atoms with van der Waals surface area (Å²) in [5.41, 5.74) is -10.2. The van der Waals surface area contributed by atoms with E-state index in [1.54, 1.807) is 23.2 Å². The fraction of sp³-hybridized carbons (Fsp3) is 0.190. The summed E-state index contributed by atoms with van der Waals surface area (Å²) < 4.78 is 100. The number of halogens is 7. The number of hydrogen-bond acceptors (Lipinski definition) is 3. The number of aromatic nitrogens is 2. The van der Waals surface area contributed by atoms with Gasteiger partial charge in [0.15, 0.2) is 0 Å². The van der Waals surface area contributed by atoms with Gasteiger partial charge in [0.1, 0.15) is 11.4 Å². The van der Waals surface area contributed by atoms with Crippen LogP contribution in [0, 0.1) is 5.82 Å². The Kier molecular flexibility index (Phi) is 5.37. The summed E-state index contributed by atoms with van der Waals surface area (Å²) in [5.74, 6) is -3.22. The van der Waals surface area contributed by atoms with E-state index in [2.05, 4.69) is 5.32 Å². The highest BCUT2D eigenvalue weighted by Crippen LogP contribution is 2.48. The Bertz CT molecular complexity index is 1380. The van der Waals surface area contributed by atoms with E-state index < -0.39 is 64.3 Å². The number of fused-ring (bicyclic) bond motifs is 1. The summed E-state index contributed by atoms with van der Waals surface area (Å²) in [6, 6.07) is 11.8. The van der Waals surface area contributed by atoms with Crippen LogP contribution in [-0.2, 0) is 12.1 Å². The third-order valence-electron chi connectivity index (χ3n) is 5.31. The van der Waals surface area contributed by atoms with Crippen molar-refractivity contribution in [2.45, 2.75) is 24.4 Å². The summed E-state index contributed by atoms with van der Waals surface area (Å²) in [4.78, 5) is 27.8. The Labute approximate surface area is 185 Å². The SMILES string of the molecule is O=c1[nH]c(=O)n(Cc2ccccc2)c2c1C(C(F)(F)F)(C(F)(F)F)[NH+]=C(c1ccccc1F)N2. The van der Waals surface area contributed by atoms with Gasteiger partial charge in [-0.15, -0.1) is 0 Å². The number of amidine groups is 1. The van der Waals surface area contributed by atoms with Crippen LogP contribution in [0.25, 0.3) is 0 Å². The fourth-order valence-electron chi connectivity index (χ4n) is 3.75. The highest BCUT2D eigenvalue weighted by atomic mass is 19.4. The van der Waals surface area contributed by atoms with Crippen molar-refractivity contribution in [3.05, 3.63) is 97.9 Å². The van der Waals surface area contributed by atoms with Gasteiger partial charge in [0.2, 0.25) is 5.82 Å². The Morgan fingerprint density at radius 3 is 2.06 bits per heavy atom. The van der Waals surface area contributed by atoms with Gasteiger partial charge in [0.05, 0.1) is 12.1 Å². The lowest BCUT2D eigenvalue weighted by atomic mass is 9.87. The second-order valence-electron chi connectivity index (χ2n) is 7.40. The smallest absolute Gasteiger partial charge is 0.273 e. The van der Waals surface area contributed by atoms with Gasteiger partial charge in [0.25, 0.3) is 11.4 Å². The van der Waals surface area contributed by atoms with Crippen molar-refractivity contribution in [3.8, 4) is 0 Å². The van der Waals surface area contributed by atoms with E-state index in [0.29, 0.717) is 10.1 Å². The molecule has 34 heavy (non-hydrogen) atoms. The molecule has 1 aliphatic heterocycles. The predicted octanol–water partition coefficient (Wildman–Crippen LogP) is 2.00. The topological polar surface area (TPSA) is 80.9 Å². The van der Waals surface area contributed by atoms with Crippen LogP contribution in [0.4, 0.5) is 36.6 Å². The summed E-state index contributed by atoms with van der Waals surface area (Å²) in [6.07, 6.45) is -12.2. The number of aromatic amines is 1. The quantitative estimate of drug-likeness (QED) is 0.495. The summed E-state index contributed by atoms with van der Waals surface area (Å²) in [7, 11) is 0. The molecule has 0 saturated carbocycles. The van der Waals surface area contributed by atoms with Crippen molar-refractivity contribution in [1.29, 1.82) is 0 Å². The number of nitrogens with zero attached hydrogens (tertiary/aromatic N) is 1. The van der Waals surface area contributed by atoms with Crippen LogP contribution >= 0.6 is 0 Å². The van der Waals surface area contributed by atoms with Gasteiger partial charge in [0, 0.05) is 0 Å². The number of hydrogen-bond donors (Lipinski definition) is 3. The first-order valence-corrected chi connectivity index (χ1v) is 9.59. The van der Waals surface area contributed by atoms with E-state index in [1.165, 1.54) is 29.3 Å². The average Bonchev–Trinajstić information content (AvgIpc) is 2.75. The lowest BCUT2D eigenvalue weighted by Gasteiger charge is -2.35. The first-order valence-electron chi connectivity index (χ1n) is 9.59. The minimum absolute atomic E-state index is 0.344. The van der Waals surface area contributed by atoms with Crippen molar-refractivity contribution in [2.24, 2.45) is 0 Å². The third-order valence-corrected chi connectivity index (χ3v) is 5.31. The molecular formula is C21H14F7N4O2+. The fourth-order valence-corrected chi connectivity index (χ4v) is 3.75. The molecule has 0 aliphatic carbocycles. The predicted molar refractivity (Wildman–Crippen MR) is 106 cm³/mol. The maximum atomic E-state index is 14.4. The lowest BCUT2D eigenvalue weighted by molar-refractivity contribution is -0.658. The Morgan fingerprint density at radius 2 is 1.47 bits per heavy atom. The molecule has 178 valence electrons. The van der Waals surface area contributed by atoms with Gasteiger partial charge in [-0.05, 0) is 17.7 Å². The van der Waals surface area contributed by atoms with Crippen LogP contribution in [0.15, 0.2) is 64.2 Å². The molecule has 0 spiro atoms. The molecule has 6 nitrogen and oxygen atoms in total. The van der Waals surface area contributed by atoms with E-state index in [1.807, 2.05) is 0 Å². The Hall–Kier alpha value is -3.90. The van der Waals surface area contributed by atoms with Crippen molar-refractivity contribution >= 4 is 11.7 Å². The Morgan fingerprint density at radius 1 is 0.882 bits per heavy atom. The van der Waals surface area contributed by atoms with E-state index in [4.69, 9.17) is 0 Å². The molecule has 0 amide bonds. The molecule has 0 saturated heterocycles. The van der Waals surface area contributed by atoms with Crippen LogP contribution in [-0.4, -0.2) is 27.7 Å². The molecule has 0 atom stereocenters. The Balaban J connectivity index is 2.12. The minimum Gasteiger partial charge on any atom is -0.273 e. The molecule has 4 rings (SSSR count). The lowest BCUT2D eigenvalue weighted by Crippen LogP contribution is -2.97. The van der Waals surface area contributed by atoms with Crippen LogP contribution in [0.5, 0.6) is 0 Å². The second-order valence-corrected chi connectivity index (χ2v) is 7.40. The molecule has 2 heterocycles. The van der Waals surface area contributed by atoms with Gasteiger partial charge in [-0.25, -0.2) is 19.5 Å². The number of H-pyrrole nitrogens is 1. The largest absolute Gasteiger partial charge is 0.446 e. The van der Waals surface area contributed by atoms with Crippen molar-refractivity contribution < 1.29 is 35.7 Å². The molecule has 0 unspecified atom stereocenters. The first-order chi connectivity index (χ1) is 15.9. The average molecular weight is 487 g/mol. The van der Waals surface area contributed by atoms with E-state index in [9.17, 15) is 40.3 Å². The second kappa shape index (κ2) is 7.85. The summed E-state index contributed by atoms with van der Waals surface area (Å²) in [5, 5.41) is 2.23. The molecule has 3 aromatic rings. The highest BCUT2D eigenvalue weighted by Gasteiger charge is 2.78. The van der Waals surface area contributed by atoms with Crippen LogP contribution in [0.2, 0.25) is 0 Å². The maximum Gasteiger partial charge on any atom is 0.446 e. The summed E-state index contributed by atoms with van der Waals surface area (Å²) >= 11 is 0. The van der Waals surface area contributed by atoms with Crippen molar-refractivity contribution in [1.82, 2.24) is 9.55 Å². The first kappa shape index (κ1) is 23.3. The monoisotopic (exact) mass is 487 g/mol. The molecule has 2 aromatic carbocycles. The molecular weight excluding hydrogens is 473 g/mol. The molecule has 1 aliphatic rings. The normalized spacial score (nSPS) is 15.3. The van der Waals surface area contributed by atoms with Gasteiger partial charge in [-0.2, -0.15) is 26.3 Å². The molecule has 0 bridgehead atoms. The number of benzene rings is 2. The number of alkyl halides is 6. The summed E-state index contributed by atoms with van der Waals surface area (Å²) in [6.45, 7) is -0.484. The van der Waals surface area contributed by atoms with E-state index >= 15 is 0 Å². The van der Waals surface area contributed by atoms with Gasteiger partial charge in [-0.1, -0.05) is 42.5 Å². The van der Waals surface area contributed by atoms with Gasteiger partial charge < -0.3 is 0 Å². The van der Waals surface area contributed by atoms with Gasteiger partial charge in [-0.3, -0.25) is 14.3 Å². The number of rotatable bonds is 3. The molecule has 1 aromatic heterocycles. The standard InChI is InChI=1S/C21H13F7N4O2/c22-13-9-5-4-8-12(13)15-29-16-14(19(31-15,20(23,24)25)21(26,27)28)17(33)30-18(34)32(16)10-11-6-2-1-3-7-11/h1-9H,10H2,(H,29,31)(H,30,33,34)/p+1. The van der Waals surface area contributed by atoms with Crippen LogP contribution in [0.3, 0.4) is 0 Å². The zero-order valence-electron chi connectivity index (χ0n) is 16.8. The number of anilines is 1. The molecule has 0 radical (unpaired) electrons. The highest BCUT2D eigenvalue weighted by molar-refractivity contribution is 6.05. The van der Waals surface area contributed by atoms with Crippen LogP contribution < -0.4 is 21.6 Å². The van der Waals surface area contributed by atoms with Crippen molar-refractivity contribution in [2.75, 3.05) is 5.32 Å². The van der Waals surface area contributed by atoms with Crippen LogP contribution in [0.1, 0.15) is 16.7 Å². The molecule has 13 heteroatoms. The maximum absolute atomic E-state index is 14.4. The van der Waals surface area contributed by atoms with Gasteiger partial charge >= 0.3 is 23.6 Å². The zero-order valence-corrected chi connectivity index (χ0v) is 16.8.